The van der Waals surface area contributed by atoms with Gasteiger partial charge in [0.1, 0.15) is 0 Å². The Hall–Kier alpha value is -2.82. The van der Waals surface area contributed by atoms with E-state index < -0.39 is 0 Å². The van der Waals surface area contributed by atoms with E-state index >= 15 is 0 Å². The molecule has 0 bridgehead atoms. The Morgan fingerprint density at radius 2 is 1.96 bits per heavy atom. The summed E-state index contributed by atoms with van der Waals surface area (Å²) < 4.78 is 1.93. The minimum Gasteiger partial charge on any atom is -0.364 e. The van der Waals surface area contributed by atoms with Crippen molar-refractivity contribution in [2.45, 2.75) is 45.6 Å². The molecule has 2 heterocycles. The van der Waals surface area contributed by atoms with Crippen molar-refractivity contribution in [1.29, 1.82) is 0 Å². The highest BCUT2D eigenvalue weighted by molar-refractivity contribution is 5.96. The van der Waals surface area contributed by atoms with Gasteiger partial charge in [-0.25, -0.2) is 4.68 Å². The summed E-state index contributed by atoms with van der Waals surface area (Å²) in [6.07, 6.45) is 4.20. The van der Waals surface area contributed by atoms with E-state index in [4.69, 9.17) is 0 Å². The first-order chi connectivity index (χ1) is 12.5. The molecule has 1 amide bonds. The second kappa shape index (κ2) is 6.48. The molecule has 4 rings (SSSR count). The lowest BCUT2D eigenvalue weighted by molar-refractivity contribution is 0.0939. The second-order valence-corrected chi connectivity index (χ2v) is 7.20. The Bertz CT molecular complexity index is 931. The summed E-state index contributed by atoms with van der Waals surface area (Å²) in [4.78, 5) is 15.9. The predicted molar refractivity (Wildman–Crippen MR) is 102 cm³/mol. The SMILES string of the molecule is Cc1cc(C)n(-c2ccc(C(C)NC(=O)c3cc[nH]c3C3CC3)cc2)n1. The summed E-state index contributed by atoms with van der Waals surface area (Å²) in [7, 11) is 0. The Labute approximate surface area is 153 Å². The highest BCUT2D eigenvalue weighted by Crippen LogP contribution is 2.40. The predicted octanol–water partition coefficient (Wildman–Crippen LogP) is 4.19. The first-order valence-electron chi connectivity index (χ1n) is 9.14. The fourth-order valence-corrected chi connectivity index (χ4v) is 3.44. The van der Waals surface area contributed by atoms with E-state index in [1.165, 1.54) is 12.8 Å². The number of carbonyl (C=O) groups is 1. The molecule has 26 heavy (non-hydrogen) atoms. The maximum absolute atomic E-state index is 12.6. The molecular formula is C21H24N4O. The van der Waals surface area contributed by atoms with Gasteiger partial charge in [0.05, 0.1) is 23.0 Å². The van der Waals surface area contributed by atoms with Crippen molar-refractivity contribution in [2.24, 2.45) is 0 Å². The van der Waals surface area contributed by atoms with Crippen molar-refractivity contribution in [2.75, 3.05) is 0 Å². The minimum atomic E-state index is -0.0565. The van der Waals surface area contributed by atoms with E-state index in [1.54, 1.807) is 0 Å². The van der Waals surface area contributed by atoms with Gasteiger partial charge >= 0.3 is 0 Å². The molecule has 0 aliphatic heterocycles. The first-order valence-corrected chi connectivity index (χ1v) is 9.14. The van der Waals surface area contributed by atoms with Crippen LogP contribution in [0.5, 0.6) is 0 Å². The average molecular weight is 348 g/mol. The van der Waals surface area contributed by atoms with Gasteiger partial charge in [-0.1, -0.05) is 12.1 Å². The number of aromatic amines is 1. The van der Waals surface area contributed by atoms with Gasteiger partial charge in [0, 0.05) is 17.6 Å². The second-order valence-electron chi connectivity index (χ2n) is 7.20. The van der Waals surface area contributed by atoms with Crippen molar-refractivity contribution >= 4 is 5.91 Å². The number of nitrogens with zero attached hydrogens (tertiary/aromatic N) is 2. The topological polar surface area (TPSA) is 62.7 Å². The molecule has 5 nitrogen and oxygen atoms in total. The van der Waals surface area contributed by atoms with Gasteiger partial charge in [-0.05, 0) is 69.4 Å². The van der Waals surface area contributed by atoms with Gasteiger partial charge in [0.25, 0.3) is 5.91 Å². The zero-order valence-corrected chi connectivity index (χ0v) is 15.4. The van der Waals surface area contributed by atoms with Crippen LogP contribution in [-0.4, -0.2) is 20.7 Å². The van der Waals surface area contributed by atoms with Crippen molar-refractivity contribution in [3.8, 4) is 5.69 Å². The number of H-pyrrole nitrogens is 1. The quantitative estimate of drug-likeness (QED) is 0.726. The van der Waals surface area contributed by atoms with E-state index in [1.807, 2.05) is 49.8 Å². The fourth-order valence-electron chi connectivity index (χ4n) is 3.44. The van der Waals surface area contributed by atoms with Crippen LogP contribution in [-0.2, 0) is 0 Å². The monoisotopic (exact) mass is 348 g/mol. The third-order valence-corrected chi connectivity index (χ3v) is 5.00. The van der Waals surface area contributed by atoms with Gasteiger partial charge in [-0.2, -0.15) is 5.10 Å². The molecule has 0 spiro atoms. The Morgan fingerprint density at radius 3 is 2.58 bits per heavy atom. The van der Waals surface area contributed by atoms with Crippen molar-refractivity contribution in [3.05, 3.63) is 70.8 Å². The molecule has 2 aromatic heterocycles. The van der Waals surface area contributed by atoms with E-state index in [2.05, 4.69) is 33.6 Å². The number of aromatic nitrogens is 3. The lowest BCUT2D eigenvalue weighted by atomic mass is 10.1. The van der Waals surface area contributed by atoms with E-state index in [0.717, 1.165) is 33.9 Å². The summed E-state index contributed by atoms with van der Waals surface area (Å²) in [5.74, 6) is 0.518. The van der Waals surface area contributed by atoms with Crippen LogP contribution in [0.2, 0.25) is 0 Å². The zero-order valence-electron chi connectivity index (χ0n) is 15.4. The highest BCUT2D eigenvalue weighted by Gasteiger charge is 2.29. The molecular weight excluding hydrogens is 324 g/mol. The van der Waals surface area contributed by atoms with Gasteiger partial charge in [0.15, 0.2) is 0 Å². The number of hydrogen-bond donors (Lipinski definition) is 2. The molecule has 1 unspecified atom stereocenters. The number of aryl methyl sites for hydroxylation is 2. The Balaban J connectivity index is 1.48. The molecule has 2 N–H and O–H groups in total. The summed E-state index contributed by atoms with van der Waals surface area (Å²) >= 11 is 0. The third-order valence-electron chi connectivity index (χ3n) is 5.00. The average Bonchev–Trinajstić information content (AvgIpc) is 3.25. The molecule has 1 aliphatic carbocycles. The molecule has 1 aromatic carbocycles. The van der Waals surface area contributed by atoms with Gasteiger partial charge in [-0.15, -0.1) is 0 Å². The molecule has 0 radical (unpaired) electrons. The van der Waals surface area contributed by atoms with E-state index in [-0.39, 0.29) is 11.9 Å². The maximum Gasteiger partial charge on any atom is 0.253 e. The molecule has 1 atom stereocenters. The van der Waals surface area contributed by atoms with Crippen LogP contribution in [0.15, 0.2) is 42.6 Å². The number of benzene rings is 1. The minimum absolute atomic E-state index is 0.0109. The fraction of sp³-hybridized carbons (Fsp3) is 0.333. The molecule has 5 heteroatoms. The maximum atomic E-state index is 12.6. The van der Waals surface area contributed by atoms with Crippen molar-refractivity contribution < 1.29 is 4.79 Å². The Kier molecular flexibility index (Phi) is 4.15. The summed E-state index contributed by atoms with van der Waals surface area (Å²) in [6.45, 7) is 6.05. The summed E-state index contributed by atoms with van der Waals surface area (Å²) in [6, 6.07) is 12.1. The number of rotatable bonds is 5. The largest absolute Gasteiger partial charge is 0.364 e. The Morgan fingerprint density at radius 1 is 1.23 bits per heavy atom. The third kappa shape index (κ3) is 3.17. The molecule has 1 aliphatic rings. The lowest BCUT2D eigenvalue weighted by Gasteiger charge is -2.15. The van der Waals surface area contributed by atoms with Crippen LogP contribution in [0.1, 0.15) is 64.7 Å². The highest BCUT2D eigenvalue weighted by atomic mass is 16.1. The van der Waals surface area contributed by atoms with Crippen LogP contribution < -0.4 is 5.32 Å². The number of hydrogen-bond acceptors (Lipinski definition) is 2. The first kappa shape index (κ1) is 16.6. The molecule has 1 saturated carbocycles. The van der Waals surface area contributed by atoms with Crippen molar-refractivity contribution in [1.82, 2.24) is 20.1 Å². The zero-order chi connectivity index (χ0) is 18.3. The van der Waals surface area contributed by atoms with Crippen LogP contribution in [0.25, 0.3) is 5.69 Å². The van der Waals surface area contributed by atoms with Crippen LogP contribution >= 0.6 is 0 Å². The molecule has 0 saturated heterocycles. The number of carbonyl (C=O) groups excluding carboxylic acids is 1. The molecule has 1 fully saturated rings. The molecule has 134 valence electrons. The van der Waals surface area contributed by atoms with E-state index in [0.29, 0.717) is 5.92 Å². The van der Waals surface area contributed by atoms with E-state index in [9.17, 15) is 4.79 Å². The lowest BCUT2D eigenvalue weighted by Crippen LogP contribution is -2.27. The molecule has 3 aromatic rings. The normalized spacial score (nSPS) is 15.0. The van der Waals surface area contributed by atoms with Gasteiger partial charge < -0.3 is 10.3 Å². The van der Waals surface area contributed by atoms with Crippen LogP contribution in [0.4, 0.5) is 0 Å². The van der Waals surface area contributed by atoms with Crippen molar-refractivity contribution in [3.63, 3.8) is 0 Å². The number of amides is 1. The van der Waals surface area contributed by atoms with Gasteiger partial charge in [0.2, 0.25) is 0 Å². The number of nitrogens with one attached hydrogen (secondary N) is 2. The summed E-state index contributed by atoms with van der Waals surface area (Å²) in [5.41, 5.74) is 6.07. The van der Waals surface area contributed by atoms with Gasteiger partial charge in [-0.3, -0.25) is 4.79 Å². The van der Waals surface area contributed by atoms with Crippen LogP contribution in [0.3, 0.4) is 0 Å². The smallest absolute Gasteiger partial charge is 0.253 e. The van der Waals surface area contributed by atoms with Crippen LogP contribution in [0, 0.1) is 13.8 Å². The summed E-state index contributed by atoms with van der Waals surface area (Å²) in [5, 5.41) is 7.63. The standard InChI is InChI=1S/C21H24N4O/c1-13-12-14(2)25(24-13)18-8-6-16(7-9-18)15(3)23-21(26)19-10-11-22-20(19)17-4-5-17/h6-12,15,17,22H,4-5H2,1-3H3,(H,23,26).